The van der Waals surface area contributed by atoms with E-state index < -0.39 is 0 Å². The Morgan fingerprint density at radius 1 is 1.29 bits per heavy atom. The lowest BCUT2D eigenvalue weighted by Gasteiger charge is -2.04. The number of fused-ring (bicyclic) bond motifs is 1. The van der Waals surface area contributed by atoms with Gasteiger partial charge in [-0.2, -0.15) is 0 Å². The Hall–Kier alpha value is -1.28. The number of hydrogen-bond acceptors (Lipinski definition) is 2. The van der Waals surface area contributed by atoms with Gasteiger partial charge in [-0.05, 0) is 18.6 Å². The Kier molecular flexibility index (Phi) is 2.30. The van der Waals surface area contributed by atoms with Crippen LogP contribution in [0.5, 0.6) is 5.88 Å². The zero-order chi connectivity index (χ0) is 10.1. The molecule has 0 unspecified atom stereocenters. The van der Waals surface area contributed by atoms with E-state index in [0.29, 0.717) is 10.9 Å². The summed E-state index contributed by atoms with van der Waals surface area (Å²) in [5.74, 6) is 0.549. The van der Waals surface area contributed by atoms with Gasteiger partial charge in [0.2, 0.25) is 5.88 Å². The van der Waals surface area contributed by atoms with Gasteiger partial charge >= 0.3 is 0 Å². The summed E-state index contributed by atoms with van der Waals surface area (Å²) in [6.45, 7) is 2.02. The van der Waals surface area contributed by atoms with E-state index in [1.54, 1.807) is 13.2 Å². The quantitative estimate of drug-likeness (QED) is 0.717. The topological polar surface area (TPSA) is 22.1 Å². The summed E-state index contributed by atoms with van der Waals surface area (Å²) in [4.78, 5) is 4.31. The second kappa shape index (κ2) is 3.46. The molecule has 0 radical (unpaired) electrons. The number of methoxy groups -OCH3 is 1. The lowest BCUT2D eigenvalue weighted by molar-refractivity contribution is 0.399. The van der Waals surface area contributed by atoms with Gasteiger partial charge in [-0.3, -0.25) is 0 Å². The Labute approximate surface area is 87.5 Å². The van der Waals surface area contributed by atoms with Gasteiger partial charge in [0.15, 0.2) is 0 Å². The minimum Gasteiger partial charge on any atom is -0.481 e. The highest BCUT2D eigenvalue weighted by molar-refractivity contribution is 6.35. The van der Waals surface area contributed by atoms with Crippen LogP contribution >= 0.6 is 11.6 Å². The highest BCUT2D eigenvalue weighted by Gasteiger charge is 2.03. The van der Waals surface area contributed by atoms with Crippen molar-refractivity contribution in [3.8, 4) is 5.88 Å². The molecule has 14 heavy (non-hydrogen) atoms. The van der Waals surface area contributed by atoms with Gasteiger partial charge < -0.3 is 4.74 Å². The predicted octanol–water partition coefficient (Wildman–Crippen LogP) is 3.21. The van der Waals surface area contributed by atoms with Crippen molar-refractivity contribution >= 4 is 22.5 Å². The molecule has 0 amide bonds. The van der Waals surface area contributed by atoms with Crippen LogP contribution in [-0.2, 0) is 0 Å². The maximum atomic E-state index is 6.07. The summed E-state index contributed by atoms with van der Waals surface area (Å²) < 4.78 is 5.05. The number of benzene rings is 1. The van der Waals surface area contributed by atoms with Gasteiger partial charge in [0.05, 0.1) is 17.6 Å². The van der Waals surface area contributed by atoms with Crippen LogP contribution in [0.25, 0.3) is 10.9 Å². The zero-order valence-electron chi connectivity index (χ0n) is 8.04. The Morgan fingerprint density at radius 3 is 2.79 bits per heavy atom. The van der Waals surface area contributed by atoms with E-state index in [-0.39, 0.29) is 0 Å². The smallest absolute Gasteiger partial charge is 0.215 e. The molecule has 0 fully saturated rings. The first-order chi connectivity index (χ1) is 6.70. The lowest BCUT2D eigenvalue weighted by atomic mass is 10.1. The number of rotatable bonds is 1. The van der Waals surface area contributed by atoms with E-state index in [4.69, 9.17) is 16.3 Å². The third-order valence-corrected chi connectivity index (χ3v) is 2.41. The number of pyridine rings is 1. The molecule has 2 nitrogen and oxygen atoms in total. The summed E-state index contributed by atoms with van der Waals surface area (Å²) >= 11 is 6.07. The molecular weight excluding hydrogens is 198 g/mol. The van der Waals surface area contributed by atoms with Crippen molar-refractivity contribution in [1.82, 2.24) is 4.98 Å². The average molecular weight is 208 g/mol. The summed E-state index contributed by atoms with van der Waals surface area (Å²) in [5, 5.41) is 1.63. The van der Waals surface area contributed by atoms with Crippen LogP contribution in [0.15, 0.2) is 24.3 Å². The highest BCUT2D eigenvalue weighted by atomic mass is 35.5. The van der Waals surface area contributed by atoms with E-state index in [0.717, 1.165) is 16.5 Å². The molecule has 0 aliphatic heterocycles. The molecule has 0 saturated carbocycles. The molecule has 1 aromatic heterocycles. The van der Waals surface area contributed by atoms with Gasteiger partial charge in [0.25, 0.3) is 0 Å². The summed E-state index contributed by atoms with van der Waals surface area (Å²) in [6, 6.07) is 7.70. The Morgan fingerprint density at radius 2 is 2.07 bits per heavy atom. The van der Waals surface area contributed by atoms with Gasteiger partial charge in [-0.25, -0.2) is 4.98 Å². The molecular formula is C11H10ClNO. The first kappa shape index (κ1) is 9.28. The molecule has 1 heterocycles. The fourth-order valence-electron chi connectivity index (χ4n) is 1.38. The minimum atomic E-state index is 0.549. The number of aryl methyl sites for hydroxylation is 1. The fourth-order valence-corrected chi connectivity index (χ4v) is 1.63. The van der Waals surface area contributed by atoms with Gasteiger partial charge in [-0.1, -0.05) is 23.7 Å². The van der Waals surface area contributed by atoms with Crippen molar-refractivity contribution in [2.24, 2.45) is 0 Å². The van der Waals surface area contributed by atoms with Crippen LogP contribution in [0.3, 0.4) is 0 Å². The summed E-state index contributed by atoms with van der Waals surface area (Å²) in [5.41, 5.74) is 2.03. The van der Waals surface area contributed by atoms with E-state index in [9.17, 15) is 0 Å². The van der Waals surface area contributed by atoms with Crippen LogP contribution < -0.4 is 4.74 Å². The van der Waals surface area contributed by atoms with Gasteiger partial charge in [-0.15, -0.1) is 0 Å². The maximum absolute atomic E-state index is 6.07. The SMILES string of the molecule is COc1cc(Cl)c2ccc(C)cc2n1. The van der Waals surface area contributed by atoms with Crippen LogP contribution in [-0.4, -0.2) is 12.1 Å². The second-order valence-corrected chi connectivity index (χ2v) is 3.57. The lowest BCUT2D eigenvalue weighted by Crippen LogP contribution is -1.89. The Balaban J connectivity index is 2.77. The minimum absolute atomic E-state index is 0.549. The van der Waals surface area contributed by atoms with Crippen LogP contribution in [0.2, 0.25) is 5.02 Å². The number of nitrogens with zero attached hydrogens (tertiary/aromatic N) is 1. The van der Waals surface area contributed by atoms with E-state index >= 15 is 0 Å². The number of ether oxygens (including phenoxy) is 1. The van der Waals surface area contributed by atoms with E-state index in [1.807, 2.05) is 25.1 Å². The normalized spacial score (nSPS) is 10.5. The van der Waals surface area contributed by atoms with Crippen molar-refractivity contribution in [3.05, 3.63) is 34.9 Å². The van der Waals surface area contributed by atoms with Crippen molar-refractivity contribution in [2.75, 3.05) is 7.11 Å². The summed E-state index contributed by atoms with van der Waals surface area (Å²) in [7, 11) is 1.58. The third-order valence-electron chi connectivity index (χ3n) is 2.10. The van der Waals surface area contributed by atoms with Crippen molar-refractivity contribution in [2.45, 2.75) is 6.92 Å². The van der Waals surface area contributed by atoms with Crippen LogP contribution in [0.1, 0.15) is 5.56 Å². The molecule has 0 aliphatic carbocycles. The molecule has 2 rings (SSSR count). The average Bonchev–Trinajstić information content (AvgIpc) is 2.16. The van der Waals surface area contributed by atoms with Crippen molar-refractivity contribution < 1.29 is 4.74 Å². The molecule has 0 spiro atoms. The van der Waals surface area contributed by atoms with Gasteiger partial charge in [0, 0.05) is 11.5 Å². The van der Waals surface area contributed by atoms with Crippen molar-refractivity contribution in [3.63, 3.8) is 0 Å². The largest absolute Gasteiger partial charge is 0.481 e. The molecule has 0 bridgehead atoms. The summed E-state index contributed by atoms with van der Waals surface area (Å²) in [6.07, 6.45) is 0. The zero-order valence-corrected chi connectivity index (χ0v) is 8.80. The molecule has 3 heteroatoms. The molecule has 2 aromatic rings. The molecule has 0 aliphatic rings. The molecule has 0 saturated heterocycles. The maximum Gasteiger partial charge on any atom is 0.215 e. The highest BCUT2D eigenvalue weighted by Crippen LogP contribution is 2.26. The third kappa shape index (κ3) is 1.53. The molecule has 72 valence electrons. The number of halogens is 1. The van der Waals surface area contributed by atoms with E-state index in [2.05, 4.69) is 4.98 Å². The number of aromatic nitrogens is 1. The molecule has 1 aromatic carbocycles. The van der Waals surface area contributed by atoms with E-state index in [1.165, 1.54) is 0 Å². The van der Waals surface area contributed by atoms with Gasteiger partial charge in [0.1, 0.15) is 0 Å². The fraction of sp³-hybridized carbons (Fsp3) is 0.182. The van der Waals surface area contributed by atoms with Crippen LogP contribution in [0, 0.1) is 6.92 Å². The molecule has 0 atom stereocenters. The van der Waals surface area contributed by atoms with Crippen LogP contribution in [0.4, 0.5) is 0 Å². The Bertz CT molecular complexity index is 482. The first-order valence-electron chi connectivity index (χ1n) is 4.31. The second-order valence-electron chi connectivity index (χ2n) is 3.17. The predicted molar refractivity (Wildman–Crippen MR) is 58.0 cm³/mol. The monoisotopic (exact) mass is 207 g/mol. The number of hydrogen-bond donors (Lipinski definition) is 0. The molecule has 0 N–H and O–H groups in total. The first-order valence-corrected chi connectivity index (χ1v) is 4.69. The van der Waals surface area contributed by atoms with Crippen molar-refractivity contribution in [1.29, 1.82) is 0 Å². The standard InChI is InChI=1S/C11H10ClNO/c1-7-3-4-8-9(12)6-11(14-2)13-10(8)5-7/h3-6H,1-2H3.